The lowest BCUT2D eigenvalue weighted by Gasteiger charge is -1.99. The largest absolute Gasteiger partial charge is 0.457 e. The van der Waals surface area contributed by atoms with E-state index in [-0.39, 0.29) is 12.6 Å². The molecule has 0 fully saturated rings. The van der Waals surface area contributed by atoms with E-state index in [1.165, 1.54) is 5.37 Å². The van der Waals surface area contributed by atoms with E-state index < -0.39 is 0 Å². The molecule has 0 spiro atoms. The Bertz CT molecular complexity index is 269. The van der Waals surface area contributed by atoms with E-state index in [9.17, 15) is 4.79 Å². The molecule has 2 nitrogen and oxygen atoms in total. The summed E-state index contributed by atoms with van der Waals surface area (Å²) in [4.78, 5) is 11.1. The summed E-state index contributed by atoms with van der Waals surface area (Å²) >= 11 is 4.52. The molecule has 0 heterocycles. The second-order valence-electron chi connectivity index (χ2n) is 2.13. The van der Waals surface area contributed by atoms with E-state index in [4.69, 9.17) is 4.74 Å². The molecule has 1 aromatic carbocycles. The third-order valence-corrected chi connectivity index (χ3v) is 1.43. The molecule has 0 unspecified atom stereocenters. The second kappa shape index (κ2) is 4.62. The maximum absolute atomic E-state index is 11.1. The number of ether oxygens (including phenoxy) is 1. The van der Waals surface area contributed by atoms with Crippen LogP contribution in [0.4, 0.5) is 0 Å². The summed E-state index contributed by atoms with van der Waals surface area (Å²) in [5.41, 5.74) is 0.550. The molecule has 3 heteroatoms. The summed E-state index contributed by atoms with van der Waals surface area (Å²) < 4.78 is 4.78. The van der Waals surface area contributed by atoms with Gasteiger partial charge in [-0.3, -0.25) is 0 Å². The van der Waals surface area contributed by atoms with Crippen molar-refractivity contribution in [1.82, 2.24) is 0 Å². The quantitative estimate of drug-likeness (QED) is 0.524. The Hall–Kier alpha value is -1.22. The first-order chi connectivity index (χ1) is 5.84. The Balaban J connectivity index is 2.59. The van der Waals surface area contributed by atoms with Gasteiger partial charge < -0.3 is 4.74 Å². The zero-order valence-corrected chi connectivity index (χ0v) is 7.21. The number of hydrogen-bond donors (Lipinski definition) is 0. The lowest BCUT2D eigenvalue weighted by molar-refractivity contribution is 0.0568. The maximum Gasteiger partial charge on any atom is 0.338 e. The predicted molar refractivity (Wildman–Crippen MR) is 50.4 cm³/mol. The summed E-state index contributed by atoms with van der Waals surface area (Å²) in [6.07, 6.45) is 0. The SMILES string of the molecule is O=C(OCC=S)c1ccccc1. The summed E-state index contributed by atoms with van der Waals surface area (Å²) in [7, 11) is 0. The van der Waals surface area contributed by atoms with E-state index in [0.717, 1.165) is 0 Å². The highest BCUT2D eigenvalue weighted by atomic mass is 32.1. The fourth-order valence-electron chi connectivity index (χ4n) is 0.767. The molecule has 0 amide bonds. The number of thiocarbonyl (C=S) groups is 1. The second-order valence-corrected chi connectivity index (χ2v) is 2.46. The standard InChI is InChI=1S/C9H8O2S/c10-9(11-6-7-12)8-4-2-1-3-5-8/h1-5,7H,6H2. The van der Waals surface area contributed by atoms with Crippen LogP contribution in [-0.4, -0.2) is 17.9 Å². The van der Waals surface area contributed by atoms with Gasteiger partial charge in [-0.2, -0.15) is 0 Å². The number of rotatable bonds is 3. The molecular weight excluding hydrogens is 172 g/mol. The van der Waals surface area contributed by atoms with E-state index in [2.05, 4.69) is 12.2 Å². The van der Waals surface area contributed by atoms with E-state index in [1.807, 2.05) is 6.07 Å². The van der Waals surface area contributed by atoms with Crippen molar-refractivity contribution in [3.8, 4) is 0 Å². The highest BCUT2D eigenvalue weighted by Crippen LogP contribution is 1.99. The van der Waals surface area contributed by atoms with Gasteiger partial charge in [-0.1, -0.05) is 30.4 Å². The monoisotopic (exact) mass is 180 g/mol. The van der Waals surface area contributed by atoms with Gasteiger partial charge in [0.2, 0.25) is 0 Å². The highest BCUT2D eigenvalue weighted by Gasteiger charge is 2.03. The first kappa shape index (κ1) is 8.87. The molecule has 0 radical (unpaired) electrons. The molecular formula is C9H8O2S. The van der Waals surface area contributed by atoms with Gasteiger partial charge in [-0.25, -0.2) is 4.79 Å². The Labute approximate surface area is 76.2 Å². The minimum absolute atomic E-state index is 0.184. The van der Waals surface area contributed by atoms with Crippen molar-refractivity contribution in [2.45, 2.75) is 0 Å². The average Bonchev–Trinajstić information content (AvgIpc) is 2.15. The van der Waals surface area contributed by atoms with Crippen LogP contribution in [-0.2, 0) is 4.74 Å². The third kappa shape index (κ3) is 2.43. The van der Waals surface area contributed by atoms with Gasteiger partial charge in [0.05, 0.1) is 5.56 Å². The number of benzene rings is 1. The summed E-state index contributed by atoms with van der Waals surface area (Å²) in [5, 5.41) is 1.38. The Morgan fingerprint density at radius 2 is 2.08 bits per heavy atom. The molecule has 1 rings (SSSR count). The fraction of sp³-hybridized carbons (Fsp3) is 0.111. The van der Waals surface area contributed by atoms with Gasteiger partial charge in [-0.05, 0) is 12.1 Å². The minimum Gasteiger partial charge on any atom is -0.457 e. The van der Waals surface area contributed by atoms with Gasteiger partial charge in [-0.15, -0.1) is 0 Å². The van der Waals surface area contributed by atoms with Crippen LogP contribution >= 0.6 is 12.2 Å². The first-order valence-corrected chi connectivity index (χ1v) is 3.97. The van der Waals surface area contributed by atoms with Crippen molar-refractivity contribution in [1.29, 1.82) is 0 Å². The van der Waals surface area contributed by atoms with Crippen LogP contribution in [0.3, 0.4) is 0 Å². The zero-order chi connectivity index (χ0) is 8.81. The molecule has 0 aliphatic heterocycles. The number of carbonyl (C=O) groups is 1. The van der Waals surface area contributed by atoms with Crippen molar-refractivity contribution >= 4 is 23.6 Å². The summed E-state index contributed by atoms with van der Waals surface area (Å²) in [6, 6.07) is 8.81. The smallest absolute Gasteiger partial charge is 0.338 e. The normalized spacial score (nSPS) is 9.00. The van der Waals surface area contributed by atoms with Crippen LogP contribution in [0.1, 0.15) is 10.4 Å². The predicted octanol–water partition coefficient (Wildman–Crippen LogP) is 1.84. The van der Waals surface area contributed by atoms with Crippen LogP contribution in [0.5, 0.6) is 0 Å². The van der Waals surface area contributed by atoms with Crippen LogP contribution in [0.15, 0.2) is 30.3 Å². The third-order valence-electron chi connectivity index (χ3n) is 1.29. The van der Waals surface area contributed by atoms with E-state index in [1.54, 1.807) is 24.3 Å². The molecule has 1 aromatic rings. The van der Waals surface area contributed by atoms with Gasteiger partial charge >= 0.3 is 5.97 Å². The number of hydrogen-bond acceptors (Lipinski definition) is 3. The summed E-state index contributed by atoms with van der Waals surface area (Å²) in [6.45, 7) is 0.184. The topological polar surface area (TPSA) is 26.3 Å². The minimum atomic E-state index is -0.336. The highest BCUT2D eigenvalue weighted by molar-refractivity contribution is 7.79. The van der Waals surface area contributed by atoms with Crippen LogP contribution < -0.4 is 0 Å². The van der Waals surface area contributed by atoms with Gasteiger partial charge in [0.1, 0.15) is 6.61 Å². The lowest BCUT2D eigenvalue weighted by atomic mass is 10.2. The fourth-order valence-corrected chi connectivity index (χ4v) is 0.835. The van der Waals surface area contributed by atoms with E-state index in [0.29, 0.717) is 5.56 Å². The van der Waals surface area contributed by atoms with Crippen LogP contribution in [0.2, 0.25) is 0 Å². The molecule has 12 heavy (non-hydrogen) atoms. The number of esters is 1. The van der Waals surface area contributed by atoms with E-state index >= 15 is 0 Å². The van der Waals surface area contributed by atoms with Gasteiger partial charge in [0.15, 0.2) is 0 Å². The molecule has 0 aliphatic carbocycles. The molecule has 0 aromatic heterocycles. The van der Waals surface area contributed by atoms with Crippen molar-refractivity contribution < 1.29 is 9.53 Å². The molecule has 62 valence electrons. The van der Waals surface area contributed by atoms with Crippen molar-refractivity contribution in [2.75, 3.05) is 6.61 Å². The van der Waals surface area contributed by atoms with Crippen molar-refractivity contribution in [3.63, 3.8) is 0 Å². The first-order valence-electron chi connectivity index (χ1n) is 3.50. The van der Waals surface area contributed by atoms with Crippen LogP contribution in [0.25, 0.3) is 0 Å². The number of carbonyl (C=O) groups excluding carboxylic acids is 1. The lowest BCUT2D eigenvalue weighted by Crippen LogP contribution is -2.05. The Morgan fingerprint density at radius 1 is 1.42 bits per heavy atom. The van der Waals surface area contributed by atoms with Crippen LogP contribution in [0, 0.1) is 0 Å². The molecule has 0 saturated heterocycles. The van der Waals surface area contributed by atoms with Crippen molar-refractivity contribution in [3.05, 3.63) is 35.9 Å². The Kier molecular flexibility index (Phi) is 3.41. The average molecular weight is 180 g/mol. The molecule has 0 aliphatic rings. The van der Waals surface area contributed by atoms with Gasteiger partial charge in [0.25, 0.3) is 0 Å². The summed E-state index contributed by atoms with van der Waals surface area (Å²) in [5.74, 6) is -0.336. The maximum atomic E-state index is 11.1. The Morgan fingerprint density at radius 3 is 2.67 bits per heavy atom. The zero-order valence-electron chi connectivity index (χ0n) is 6.40. The molecule has 0 saturated carbocycles. The molecule has 0 bridgehead atoms. The van der Waals surface area contributed by atoms with Gasteiger partial charge in [0, 0.05) is 5.37 Å². The molecule has 0 N–H and O–H groups in total. The molecule has 0 atom stereocenters. The van der Waals surface area contributed by atoms with Crippen molar-refractivity contribution in [2.24, 2.45) is 0 Å².